The van der Waals surface area contributed by atoms with Crippen LogP contribution in [0.4, 0.5) is 0 Å². The zero-order valence-corrected chi connectivity index (χ0v) is 10.9. The van der Waals surface area contributed by atoms with Crippen molar-refractivity contribution < 1.29 is 4.79 Å². The van der Waals surface area contributed by atoms with Gasteiger partial charge in [0.25, 0.3) is 0 Å². The molecule has 0 aliphatic carbocycles. The molecule has 1 amide bonds. The van der Waals surface area contributed by atoms with E-state index in [1.54, 1.807) is 11.3 Å². The molecule has 2 rings (SSSR count). The molecule has 0 radical (unpaired) electrons. The molecule has 0 aliphatic rings. The Labute approximate surface area is 110 Å². The molecule has 3 N–H and O–H groups in total. The second kappa shape index (κ2) is 5.75. The Morgan fingerprint density at radius 1 is 1.44 bits per heavy atom. The predicted molar refractivity (Wildman–Crippen MR) is 72.1 cm³/mol. The normalized spacial score (nSPS) is 12.1. The number of rotatable bonds is 4. The van der Waals surface area contributed by atoms with Crippen molar-refractivity contribution in [2.45, 2.75) is 19.5 Å². The molecule has 0 fully saturated rings. The van der Waals surface area contributed by atoms with Gasteiger partial charge in [0.1, 0.15) is 6.04 Å². The van der Waals surface area contributed by atoms with Crippen LogP contribution >= 0.6 is 11.3 Å². The number of carbonyl (C=O) groups excluding carboxylic acids is 1. The Bertz CT molecular complexity index is 524. The number of thiazole rings is 1. The summed E-state index contributed by atoms with van der Waals surface area (Å²) in [4.78, 5) is 16.1. The number of nitrogens with zero attached hydrogens (tertiary/aromatic N) is 1. The van der Waals surface area contributed by atoms with Crippen LogP contribution in [0.25, 0.3) is 0 Å². The second-order valence-corrected chi connectivity index (χ2v) is 5.03. The first-order valence-electron chi connectivity index (χ1n) is 5.66. The highest BCUT2D eigenvalue weighted by Gasteiger charge is 2.15. The lowest BCUT2D eigenvalue weighted by molar-refractivity contribution is -0.122. The number of hydrogen-bond acceptors (Lipinski definition) is 4. The third kappa shape index (κ3) is 3.15. The summed E-state index contributed by atoms with van der Waals surface area (Å²) in [6, 6.07) is 8.69. The predicted octanol–water partition coefficient (Wildman–Crippen LogP) is 1.77. The van der Waals surface area contributed by atoms with Gasteiger partial charge in [-0.25, -0.2) is 4.98 Å². The van der Waals surface area contributed by atoms with Gasteiger partial charge < -0.3 is 11.1 Å². The zero-order chi connectivity index (χ0) is 13.0. The fourth-order valence-electron chi connectivity index (χ4n) is 1.59. The Morgan fingerprint density at radius 3 is 2.78 bits per heavy atom. The highest BCUT2D eigenvalue weighted by Crippen LogP contribution is 2.11. The molecular formula is C13H15N3OS. The van der Waals surface area contributed by atoms with E-state index in [0.717, 1.165) is 16.3 Å². The van der Waals surface area contributed by atoms with E-state index in [1.165, 1.54) is 0 Å². The lowest BCUT2D eigenvalue weighted by Crippen LogP contribution is -2.33. The summed E-state index contributed by atoms with van der Waals surface area (Å²) in [5, 5.41) is 5.72. The number of aryl methyl sites for hydroxylation is 1. The van der Waals surface area contributed by atoms with Gasteiger partial charge in [0.2, 0.25) is 5.91 Å². The number of nitrogens with one attached hydrogen (secondary N) is 1. The van der Waals surface area contributed by atoms with Gasteiger partial charge in [-0.1, -0.05) is 30.3 Å². The van der Waals surface area contributed by atoms with Crippen LogP contribution in [-0.4, -0.2) is 10.9 Å². The number of hydrogen-bond donors (Lipinski definition) is 2. The summed E-state index contributed by atoms with van der Waals surface area (Å²) in [5.41, 5.74) is 7.55. The largest absolute Gasteiger partial charge is 0.349 e. The van der Waals surface area contributed by atoms with Gasteiger partial charge in [-0.3, -0.25) is 4.79 Å². The lowest BCUT2D eigenvalue weighted by Gasteiger charge is -2.11. The van der Waals surface area contributed by atoms with Crippen LogP contribution in [0.2, 0.25) is 0 Å². The molecule has 4 nitrogen and oxygen atoms in total. The van der Waals surface area contributed by atoms with Crippen molar-refractivity contribution in [1.29, 1.82) is 0 Å². The smallest absolute Gasteiger partial charge is 0.241 e. The molecule has 1 heterocycles. The minimum atomic E-state index is -0.633. The topological polar surface area (TPSA) is 68.0 Å². The van der Waals surface area contributed by atoms with E-state index < -0.39 is 6.04 Å². The van der Waals surface area contributed by atoms with Crippen LogP contribution in [0.5, 0.6) is 0 Å². The van der Waals surface area contributed by atoms with Crippen LogP contribution in [0, 0.1) is 6.92 Å². The SMILES string of the molecule is Cc1nc(CNC(=O)[C@H](N)c2ccccc2)cs1. The van der Waals surface area contributed by atoms with Gasteiger partial charge in [0.05, 0.1) is 17.2 Å². The molecule has 1 aromatic heterocycles. The van der Waals surface area contributed by atoms with E-state index in [4.69, 9.17) is 5.73 Å². The van der Waals surface area contributed by atoms with E-state index in [0.29, 0.717) is 6.54 Å². The minimum absolute atomic E-state index is 0.188. The van der Waals surface area contributed by atoms with E-state index >= 15 is 0 Å². The number of carbonyl (C=O) groups is 1. The first kappa shape index (κ1) is 12.7. The molecule has 0 saturated heterocycles. The standard InChI is InChI=1S/C13H15N3OS/c1-9-16-11(8-18-9)7-15-13(17)12(14)10-5-3-2-4-6-10/h2-6,8,12H,7,14H2,1H3,(H,15,17)/t12-/m1/s1. The van der Waals surface area contributed by atoms with Crippen molar-refractivity contribution in [3.8, 4) is 0 Å². The molecular weight excluding hydrogens is 246 g/mol. The number of nitrogens with two attached hydrogens (primary N) is 1. The second-order valence-electron chi connectivity index (χ2n) is 3.96. The molecule has 0 bridgehead atoms. The van der Waals surface area contributed by atoms with Gasteiger partial charge in [-0.2, -0.15) is 0 Å². The van der Waals surface area contributed by atoms with Crippen molar-refractivity contribution in [3.63, 3.8) is 0 Å². The number of benzene rings is 1. The van der Waals surface area contributed by atoms with Crippen LogP contribution in [0.3, 0.4) is 0 Å². The summed E-state index contributed by atoms with van der Waals surface area (Å²) in [5.74, 6) is -0.188. The minimum Gasteiger partial charge on any atom is -0.349 e. The maximum Gasteiger partial charge on any atom is 0.241 e. The monoisotopic (exact) mass is 261 g/mol. The molecule has 0 saturated carbocycles. The average Bonchev–Trinajstić information content (AvgIpc) is 2.82. The van der Waals surface area contributed by atoms with Crippen molar-refractivity contribution >= 4 is 17.2 Å². The summed E-state index contributed by atoms with van der Waals surface area (Å²) in [6.45, 7) is 2.36. The Kier molecular flexibility index (Phi) is 4.07. The molecule has 0 unspecified atom stereocenters. The number of amides is 1. The quantitative estimate of drug-likeness (QED) is 0.881. The molecule has 2 aromatic rings. The molecule has 5 heteroatoms. The summed E-state index contributed by atoms with van der Waals surface area (Å²) in [7, 11) is 0. The maximum atomic E-state index is 11.9. The van der Waals surface area contributed by atoms with E-state index in [-0.39, 0.29) is 5.91 Å². The van der Waals surface area contributed by atoms with E-state index in [2.05, 4.69) is 10.3 Å². The van der Waals surface area contributed by atoms with Crippen LogP contribution in [0.1, 0.15) is 22.3 Å². The highest BCUT2D eigenvalue weighted by atomic mass is 32.1. The first-order chi connectivity index (χ1) is 8.66. The van der Waals surface area contributed by atoms with Crippen LogP contribution in [-0.2, 0) is 11.3 Å². The third-order valence-corrected chi connectivity index (χ3v) is 3.37. The number of aromatic nitrogens is 1. The summed E-state index contributed by atoms with van der Waals surface area (Å²) in [6.07, 6.45) is 0. The fourth-order valence-corrected chi connectivity index (χ4v) is 2.20. The van der Waals surface area contributed by atoms with Crippen molar-refractivity contribution in [2.75, 3.05) is 0 Å². The van der Waals surface area contributed by atoms with E-state index in [9.17, 15) is 4.79 Å². The zero-order valence-electron chi connectivity index (χ0n) is 10.1. The maximum absolute atomic E-state index is 11.9. The van der Waals surface area contributed by atoms with Crippen LogP contribution < -0.4 is 11.1 Å². The Morgan fingerprint density at radius 2 is 2.17 bits per heavy atom. The average molecular weight is 261 g/mol. The Hall–Kier alpha value is -1.72. The van der Waals surface area contributed by atoms with Crippen molar-refractivity contribution in [3.05, 3.63) is 52.0 Å². The van der Waals surface area contributed by atoms with E-state index in [1.807, 2.05) is 42.6 Å². The van der Waals surface area contributed by atoms with Crippen molar-refractivity contribution in [2.24, 2.45) is 5.73 Å². The lowest BCUT2D eigenvalue weighted by atomic mass is 10.1. The first-order valence-corrected chi connectivity index (χ1v) is 6.54. The fraction of sp³-hybridized carbons (Fsp3) is 0.231. The van der Waals surface area contributed by atoms with Crippen LogP contribution in [0.15, 0.2) is 35.7 Å². The highest BCUT2D eigenvalue weighted by molar-refractivity contribution is 7.09. The molecule has 1 aromatic carbocycles. The van der Waals surface area contributed by atoms with Crippen molar-refractivity contribution in [1.82, 2.24) is 10.3 Å². The van der Waals surface area contributed by atoms with Gasteiger partial charge in [-0.05, 0) is 12.5 Å². The van der Waals surface area contributed by atoms with Gasteiger partial charge in [0, 0.05) is 5.38 Å². The third-order valence-electron chi connectivity index (χ3n) is 2.55. The molecule has 18 heavy (non-hydrogen) atoms. The summed E-state index contributed by atoms with van der Waals surface area (Å²) >= 11 is 1.57. The van der Waals surface area contributed by atoms with Gasteiger partial charge in [0.15, 0.2) is 0 Å². The Balaban J connectivity index is 1.92. The molecule has 94 valence electrons. The van der Waals surface area contributed by atoms with Gasteiger partial charge in [-0.15, -0.1) is 11.3 Å². The summed E-state index contributed by atoms with van der Waals surface area (Å²) < 4.78 is 0. The molecule has 0 spiro atoms. The molecule has 1 atom stereocenters. The molecule has 0 aliphatic heterocycles. The van der Waals surface area contributed by atoms with Gasteiger partial charge >= 0.3 is 0 Å².